The first-order valence-electron chi connectivity index (χ1n) is 4.28. The van der Waals surface area contributed by atoms with Crippen molar-refractivity contribution in [2.45, 2.75) is 6.29 Å². The summed E-state index contributed by atoms with van der Waals surface area (Å²) >= 11 is 1.59. The third-order valence-corrected chi connectivity index (χ3v) is 2.82. The Kier molecular flexibility index (Phi) is 2.94. The predicted molar refractivity (Wildman–Crippen MR) is 53.6 cm³/mol. The molecule has 3 nitrogen and oxygen atoms in total. The third kappa shape index (κ3) is 2.02. The second-order valence-electron chi connectivity index (χ2n) is 2.82. The first kappa shape index (κ1) is 9.41. The molecule has 0 saturated carbocycles. The van der Waals surface area contributed by atoms with Gasteiger partial charge in [0.05, 0.1) is 24.2 Å². The van der Waals surface area contributed by atoms with Gasteiger partial charge in [-0.1, -0.05) is 0 Å². The Bertz CT molecular complexity index is 372. The maximum atomic E-state index is 8.36. The van der Waals surface area contributed by atoms with Crippen LogP contribution in [0.2, 0.25) is 0 Å². The molecule has 0 atom stereocenters. The Morgan fingerprint density at radius 2 is 2.29 bits per heavy atom. The van der Waals surface area contributed by atoms with E-state index in [1.54, 1.807) is 17.4 Å². The van der Waals surface area contributed by atoms with Gasteiger partial charge in [0.1, 0.15) is 0 Å². The van der Waals surface area contributed by atoms with Crippen molar-refractivity contribution >= 4 is 17.4 Å². The highest BCUT2D eigenvalue weighted by molar-refractivity contribution is 7.10. The van der Waals surface area contributed by atoms with Crippen LogP contribution in [-0.4, -0.2) is 13.2 Å². The van der Waals surface area contributed by atoms with Gasteiger partial charge in [-0.05, 0) is 23.1 Å². The van der Waals surface area contributed by atoms with Gasteiger partial charge in [-0.3, -0.25) is 0 Å². The van der Waals surface area contributed by atoms with Crippen LogP contribution in [0, 0.1) is 11.3 Å². The van der Waals surface area contributed by atoms with Crippen molar-refractivity contribution in [3.63, 3.8) is 0 Å². The molecule has 0 amide bonds. The standard InChI is InChI=1S/C10H9NO2S/c11-3-1-2-8-6-9(14-7-8)10-12-4-5-13-10/h1-2,6-7,10H,4-5H2. The molecule has 2 heterocycles. The second kappa shape index (κ2) is 4.38. The van der Waals surface area contributed by atoms with E-state index in [1.165, 1.54) is 6.08 Å². The van der Waals surface area contributed by atoms with Crippen molar-refractivity contribution in [1.82, 2.24) is 0 Å². The molecule has 1 fully saturated rings. The van der Waals surface area contributed by atoms with Gasteiger partial charge in [0, 0.05) is 6.08 Å². The highest BCUT2D eigenvalue weighted by Crippen LogP contribution is 2.29. The Labute approximate surface area is 86.2 Å². The SMILES string of the molecule is N#CC=Cc1csc(C2OCCO2)c1. The van der Waals surface area contributed by atoms with Gasteiger partial charge in [-0.25, -0.2) is 0 Å². The van der Waals surface area contributed by atoms with Crippen molar-refractivity contribution in [2.24, 2.45) is 0 Å². The summed E-state index contributed by atoms with van der Waals surface area (Å²) in [6, 6.07) is 3.94. The maximum absolute atomic E-state index is 8.36. The Balaban J connectivity index is 2.09. The lowest BCUT2D eigenvalue weighted by atomic mass is 10.3. The normalized spacial score (nSPS) is 17.6. The molecule has 0 aromatic carbocycles. The van der Waals surface area contributed by atoms with Gasteiger partial charge < -0.3 is 9.47 Å². The molecule has 0 unspecified atom stereocenters. The molecular formula is C10H9NO2S. The molecule has 14 heavy (non-hydrogen) atoms. The van der Waals surface area contributed by atoms with Gasteiger partial charge in [0.15, 0.2) is 6.29 Å². The number of nitrogens with zero attached hydrogens (tertiary/aromatic N) is 1. The van der Waals surface area contributed by atoms with Gasteiger partial charge >= 0.3 is 0 Å². The summed E-state index contributed by atoms with van der Waals surface area (Å²) in [6.07, 6.45) is 3.03. The highest BCUT2D eigenvalue weighted by atomic mass is 32.1. The summed E-state index contributed by atoms with van der Waals surface area (Å²) in [7, 11) is 0. The summed E-state index contributed by atoms with van der Waals surface area (Å²) in [4.78, 5) is 1.06. The van der Waals surface area contributed by atoms with E-state index in [0.29, 0.717) is 13.2 Å². The summed E-state index contributed by atoms with van der Waals surface area (Å²) < 4.78 is 10.7. The number of allylic oxidation sites excluding steroid dienone is 1. The van der Waals surface area contributed by atoms with Crippen LogP contribution in [0.1, 0.15) is 16.7 Å². The zero-order valence-electron chi connectivity index (χ0n) is 7.47. The largest absolute Gasteiger partial charge is 0.345 e. The van der Waals surface area contributed by atoms with Crippen LogP contribution in [-0.2, 0) is 9.47 Å². The quantitative estimate of drug-likeness (QED) is 0.699. The number of nitriles is 1. The second-order valence-corrected chi connectivity index (χ2v) is 3.76. The van der Waals surface area contributed by atoms with Crippen LogP contribution < -0.4 is 0 Å². The number of rotatable bonds is 2. The monoisotopic (exact) mass is 207 g/mol. The third-order valence-electron chi connectivity index (χ3n) is 1.84. The molecular weight excluding hydrogens is 198 g/mol. The number of thiophene rings is 1. The fourth-order valence-electron chi connectivity index (χ4n) is 1.24. The topological polar surface area (TPSA) is 42.2 Å². The first-order valence-corrected chi connectivity index (χ1v) is 5.16. The molecule has 2 rings (SSSR count). The molecule has 0 aliphatic carbocycles. The van der Waals surface area contributed by atoms with Crippen LogP contribution in [0.15, 0.2) is 17.5 Å². The number of ether oxygens (including phenoxy) is 2. The molecule has 72 valence electrons. The van der Waals surface area contributed by atoms with Crippen molar-refractivity contribution < 1.29 is 9.47 Å². The summed E-state index contributed by atoms with van der Waals surface area (Å²) in [5, 5.41) is 10.3. The summed E-state index contributed by atoms with van der Waals surface area (Å²) in [6.45, 7) is 1.32. The molecule has 1 aliphatic rings. The zero-order valence-corrected chi connectivity index (χ0v) is 8.29. The lowest BCUT2D eigenvalue weighted by Crippen LogP contribution is -1.93. The average molecular weight is 207 g/mol. The lowest BCUT2D eigenvalue weighted by molar-refractivity contribution is -0.0413. The van der Waals surface area contributed by atoms with E-state index in [4.69, 9.17) is 14.7 Å². The van der Waals surface area contributed by atoms with Crippen LogP contribution in [0.5, 0.6) is 0 Å². The summed E-state index contributed by atoms with van der Waals surface area (Å²) in [5.74, 6) is 0. The molecule has 1 saturated heterocycles. The van der Waals surface area contributed by atoms with E-state index >= 15 is 0 Å². The maximum Gasteiger partial charge on any atom is 0.193 e. The highest BCUT2D eigenvalue weighted by Gasteiger charge is 2.19. The van der Waals surface area contributed by atoms with Crippen molar-refractivity contribution in [3.8, 4) is 6.07 Å². The summed E-state index contributed by atoms with van der Waals surface area (Å²) in [5.41, 5.74) is 1.02. The van der Waals surface area contributed by atoms with E-state index in [-0.39, 0.29) is 6.29 Å². The molecule has 4 heteroatoms. The minimum Gasteiger partial charge on any atom is -0.345 e. The molecule has 1 aliphatic heterocycles. The van der Waals surface area contributed by atoms with E-state index in [1.807, 2.05) is 17.5 Å². The van der Waals surface area contributed by atoms with E-state index in [9.17, 15) is 0 Å². The fourth-order valence-corrected chi connectivity index (χ4v) is 2.11. The van der Waals surface area contributed by atoms with Gasteiger partial charge in [-0.15, -0.1) is 11.3 Å². The van der Waals surface area contributed by atoms with Crippen LogP contribution in [0.25, 0.3) is 6.08 Å². The van der Waals surface area contributed by atoms with Crippen LogP contribution in [0.3, 0.4) is 0 Å². The Hall–Kier alpha value is -1.15. The van der Waals surface area contributed by atoms with Crippen LogP contribution in [0.4, 0.5) is 0 Å². The zero-order chi connectivity index (χ0) is 9.80. The molecule has 1 aromatic rings. The smallest absolute Gasteiger partial charge is 0.193 e. The predicted octanol–water partition coefficient (Wildman–Crippen LogP) is 2.33. The minimum atomic E-state index is -0.204. The average Bonchev–Trinajstić information content (AvgIpc) is 2.85. The van der Waals surface area contributed by atoms with Crippen molar-refractivity contribution in [2.75, 3.05) is 13.2 Å². The minimum absolute atomic E-state index is 0.204. The molecule has 0 spiro atoms. The van der Waals surface area contributed by atoms with Crippen molar-refractivity contribution in [3.05, 3.63) is 28.0 Å². The first-order chi connectivity index (χ1) is 6.90. The van der Waals surface area contributed by atoms with Gasteiger partial charge in [-0.2, -0.15) is 5.26 Å². The van der Waals surface area contributed by atoms with Crippen molar-refractivity contribution in [1.29, 1.82) is 5.26 Å². The Morgan fingerprint density at radius 3 is 3.00 bits per heavy atom. The molecule has 0 radical (unpaired) electrons. The van der Waals surface area contributed by atoms with Gasteiger partial charge in [0.2, 0.25) is 0 Å². The molecule has 0 bridgehead atoms. The fraction of sp³-hybridized carbons (Fsp3) is 0.300. The van der Waals surface area contributed by atoms with E-state index in [2.05, 4.69) is 0 Å². The molecule has 1 aromatic heterocycles. The van der Waals surface area contributed by atoms with Gasteiger partial charge in [0.25, 0.3) is 0 Å². The van der Waals surface area contributed by atoms with E-state index < -0.39 is 0 Å². The molecule has 0 N–H and O–H groups in total. The van der Waals surface area contributed by atoms with E-state index in [0.717, 1.165) is 10.4 Å². The number of hydrogen-bond acceptors (Lipinski definition) is 4. The number of hydrogen-bond donors (Lipinski definition) is 0. The van der Waals surface area contributed by atoms with Crippen LogP contribution >= 0.6 is 11.3 Å². The lowest BCUT2D eigenvalue weighted by Gasteiger charge is -2.04. The Morgan fingerprint density at radius 1 is 1.50 bits per heavy atom.